The normalized spacial score (nSPS) is 12.9. The van der Waals surface area contributed by atoms with E-state index in [0.29, 0.717) is 11.6 Å². The minimum Gasteiger partial charge on any atom is -0.395 e. The van der Waals surface area contributed by atoms with Crippen molar-refractivity contribution in [2.24, 2.45) is 5.73 Å². The molecule has 0 aliphatic carbocycles. The third-order valence-corrected chi connectivity index (χ3v) is 3.54. The first-order valence-electron chi connectivity index (χ1n) is 4.44. The van der Waals surface area contributed by atoms with Gasteiger partial charge >= 0.3 is 0 Å². The van der Waals surface area contributed by atoms with Crippen molar-refractivity contribution >= 4 is 23.4 Å². The van der Waals surface area contributed by atoms with Gasteiger partial charge in [-0.3, -0.25) is 0 Å². The molecule has 0 heterocycles. The third-order valence-electron chi connectivity index (χ3n) is 1.84. The minimum atomic E-state index is 0.139. The van der Waals surface area contributed by atoms with E-state index in [1.165, 1.54) is 0 Å². The molecule has 1 atom stereocenters. The summed E-state index contributed by atoms with van der Waals surface area (Å²) in [6.45, 7) is 2.56. The molecule has 0 radical (unpaired) electrons. The molecule has 1 unspecified atom stereocenters. The molecule has 1 rings (SSSR count). The Bertz CT molecular complexity index is 306. The lowest BCUT2D eigenvalue weighted by Crippen LogP contribution is -2.05. The fourth-order valence-electron chi connectivity index (χ4n) is 1.08. The van der Waals surface area contributed by atoms with Crippen LogP contribution in [0.15, 0.2) is 23.1 Å². The summed E-state index contributed by atoms with van der Waals surface area (Å²) >= 11 is 7.61. The molecule has 78 valence electrons. The molecular formula is C10H14ClNOS. The Kier molecular flexibility index (Phi) is 4.75. The summed E-state index contributed by atoms with van der Waals surface area (Å²) in [5.41, 5.74) is 6.63. The summed E-state index contributed by atoms with van der Waals surface area (Å²) in [7, 11) is 0. The van der Waals surface area contributed by atoms with E-state index in [9.17, 15) is 0 Å². The molecule has 0 aromatic heterocycles. The van der Waals surface area contributed by atoms with Gasteiger partial charge in [0.2, 0.25) is 0 Å². The molecule has 0 saturated heterocycles. The van der Waals surface area contributed by atoms with Crippen LogP contribution in [0, 0.1) is 0 Å². The Labute approximate surface area is 93.5 Å². The van der Waals surface area contributed by atoms with Gasteiger partial charge in [0, 0.05) is 16.7 Å². The topological polar surface area (TPSA) is 46.2 Å². The zero-order valence-corrected chi connectivity index (χ0v) is 9.61. The first-order valence-corrected chi connectivity index (χ1v) is 5.69. The third kappa shape index (κ3) is 2.89. The molecule has 0 saturated carbocycles. The molecule has 0 aliphatic heterocycles. The maximum absolute atomic E-state index is 8.96. The molecule has 2 nitrogen and oxygen atoms in total. The van der Waals surface area contributed by atoms with E-state index in [4.69, 9.17) is 22.4 Å². The van der Waals surface area contributed by atoms with E-state index in [-0.39, 0.29) is 11.9 Å². The van der Waals surface area contributed by atoms with Gasteiger partial charge in [0.25, 0.3) is 0 Å². The van der Waals surface area contributed by atoms with Crippen LogP contribution in [0.5, 0.6) is 0 Å². The number of aliphatic hydroxyl groups is 1. The van der Waals surface area contributed by atoms with Gasteiger partial charge in [-0.05, 0) is 11.6 Å². The van der Waals surface area contributed by atoms with Gasteiger partial charge in [-0.25, -0.2) is 0 Å². The van der Waals surface area contributed by atoms with Crippen molar-refractivity contribution in [2.45, 2.75) is 23.6 Å². The lowest BCUT2D eigenvalue weighted by atomic mass is 10.2. The van der Waals surface area contributed by atoms with Crippen LogP contribution in [-0.2, 0) is 6.54 Å². The minimum absolute atomic E-state index is 0.139. The molecule has 0 bridgehead atoms. The predicted octanol–water partition coefficient (Wildman–Crippen LogP) is 2.27. The maximum atomic E-state index is 8.96. The first-order chi connectivity index (χ1) is 6.69. The molecule has 0 fully saturated rings. The molecule has 0 spiro atoms. The summed E-state index contributed by atoms with van der Waals surface area (Å²) in [5, 5.41) is 9.80. The second-order valence-electron chi connectivity index (χ2n) is 3.04. The summed E-state index contributed by atoms with van der Waals surface area (Å²) in [4.78, 5) is 0.984. The quantitative estimate of drug-likeness (QED) is 0.782. The average molecular weight is 232 g/mol. The Morgan fingerprint density at radius 1 is 1.57 bits per heavy atom. The van der Waals surface area contributed by atoms with Gasteiger partial charge in [-0.1, -0.05) is 30.7 Å². The van der Waals surface area contributed by atoms with Gasteiger partial charge in [0.15, 0.2) is 0 Å². The van der Waals surface area contributed by atoms with Crippen molar-refractivity contribution in [3.63, 3.8) is 0 Å². The van der Waals surface area contributed by atoms with Gasteiger partial charge < -0.3 is 10.8 Å². The van der Waals surface area contributed by atoms with E-state index in [2.05, 4.69) is 0 Å². The molecule has 3 N–H and O–H groups in total. The number of thioether (sulfide) groups is 1. The number of rotatable bonds is 4. The molecule has 0 amide bonds. The van der Waals surface area contributed by atoms with Crippen LogP contribution in [0.1, 0.15) is 12.5 Å². The number of hydrogen-bond acceptors (Lipinski definition) is 3. The van der Waals surface area contributed by atoms with Gasteiger partial charge in [-0.15, -0.1) is 11.8 Å². The molecule has 1 aromatic carbocycles. The Morgan fingerprint density at radius 2 is 2.29 bits per heavy atom. The van der Waals surface area contributed by atoms with Gasteiger partial charge in [0.05, 0.1) is 11.6 Å². The van der Waals surface area contributed by atoms with Crippen LogP contribution >= 0.6 is 23.4 Å². The van der Waals surface area contributed by atoms with E-state index < -0.39 is 0 Å². The number of halogens is 1. The van der Waals surface area contributed by atoms with Crippen molar-refractivity contribution in [1.82, 2.24) is 0 Å². The van der Waals surface area contributed by atoms with Crippen molar-refractivity contribution in [3.8, 4) is 0 Å². The molecule has 1 aromatic rings. The molecule has 4 heteroatoms. The standard InChI is InChI=1S/C10H14ClNOS/c1-7(6-13)14-10-8(5-12)3-2-4-9(10)11/h2-4,7,13H,5-6,12H2,1H3. The molecule has 0 aliphatic rings. The van der Waals surface area contributed by atoms with Crippen LogP contribution in [-0.4, -0.2) is 17.0 Å². The van der Waals surface area contributed by atoms with Crippen molar-refractivity contribution < 1.29 is 5.11 Å². The Morgan fingerprint density at radius 3 is 2.86 bits per heavy atom. The maximum Gasteiger partial charge on any atom is 0.0550 e. The summed E-state index contributed by atoms with van der Waals surface area (Å²) in [6.07, 6.45) is 0. The number of nitrogens with two attached hydrogens (primary N) is 1. The number of hydrogen-bond donors (Lipinski definition) is 2. The monoisotopic (exact) mass is 231 g/mol. The Balaban J connectivity index is 2.92. The van der Waals surface area contributed by atoms with Gasteiger partial charge in [-0.2, -0.15) is 0 Å². The second kappa shape index (κ2) is 5.61. The highest BCUT2D eigenvalue weighted by Crippen LogP contribution is 2.33. The highest BCUT2D eigenvalue weighted by molar-refractivity contribution is 8.00. The fourth-order valence-corrected chi connectivity index (χ4v) is 2.37. The second-order valence-corrected chi connectivity index (χ2v) is 4.90. The smallest absolute Gasteiger partial charge is 0.0550 e. The predicted molar refractivity (Wildman–Crippen MR) is 61.7 cm³/mol. The fraction of sp³-hybridized carbons (Fsp3) is 0.400. The number of aliphatic hydroxyl groups excluding tert-OH is 1. The first kappa shape index (κ1) is 11.9. The van der Waals surface area contributed by atoms with Gasteiger partial charge in [0.1, 0.15) is 0 Å². The van der Waals surface area contributed by atoms with E-state index in [1.54, 1.807) is 11.8 Å². The average Bonchev–Trinajstić information content (AvgIpc) is 2.20. The van der Waals surface area contributed by atoms with E-state index in [0.717, 1.165) is 10.5 Å². The van der Waals surface area contributed by atoms with Crippen LogP contribution in [0.2, 0.25) is 5.02 Å². The number of benzene rings is 1. The lowest BCUT2D eigenvalue weighted by Gasteiger charge is -2.12. The zero-order valence-electron chi connectivity index (χ0n) is 8.03. The van der Waals surface area contributed by atoms with Crippen molar-refractivity contribution in [2.75, 3.05) is 6.61 Å². The SMILES string of the molecule is CC(CO)Sc1c(Cl)cccc1CN. The lowest BCUT2D eigenvalue weighted by molar-refractivity contribution is 0.300. The Hall–Kier alpha value is -0.220. The van der Waals surface area contributed by atoms with Crippen molar-refractivity contribution in [1.29, 1.82) is 0 Å². The highest BCUT2D eigenvalue weighted by atomic mass is 35.5. The summed E-state index contributed by atoms with van der Waals surface area (Å²) in [5.74, 6) is 0. The largest absolute Gasteiger partial charge is 0.395 e. The van der Waals surface area contributed by atoms with Crippen LogP contribution in [0.25, 0.3) is 0 Å². The van der Waals surface area contributed by atoms with Crippen LogP contribution < -0.4 is 5.73 Å². The van der Waals surface area contributed by atoms with E-state index in [1.807, 2.05) is 25.1 Å². The zero-order chi connectivity index (χ0) is 10.6. The summed E-state index contributed by atoms with van der Waals surface area (Å²) in [6, 6.07) is 5.68. The van der Waals surface area contributed by atoms with Crippen LogP contribution in [0.3, 0.4) is 0 Å². The molecule has 14 heavy (non-hydrogen) atoms. The van der Waals surface area contributed by atoms with Crippen molar-refractivity contribution in [3.05, 3.63) is 28.8 Å². The van der Waals surface area contributed by atoms with Crippen LogP contribution in [0.4, 0.5) is 0 Å². The molecular weight excluding hydrogens is 218 g/mol. The highest BCUT2D eigenvalue weighted by Gasteiger charge is 2.10. The summed E-state index contributed by atoms with van der Waals surface area (Å²) < 4.78 is 0. The van der Waals surface area contributed by atoms with E-state index >= 15 is 0 Å².